The van der Waals surface area contributed by atoms with Crippen LogP contribution in [0.4, 0.5) is 0 Å². The highest BCUT2D eigenvalue weighted by molar-refractivity contribution is 4.60. The van der Waals surface area contributed by atoms with Gasteiger partial charge in [0.2, 0.25) is 0 Å². The summed E-state index contributed by atoms with van der Waals surface area (Å²) in [5, 5.41) is 3.18. The van der Waals surface area contributed by atoms with Crippen LogP contribution in [0.15, 0.2) is 0 Å². The summed E-state index contributed by atoms with van der Waals surface area (Å²) in [5.41, 5.74) is 0. The average Bonchev–Trinajstić information content (AvgIpc) is 2.19. The van der Waals surface area contributed by atoms with E-state index in [2.05, 4.69) is 24.1 Å². The van der Waals surface area contributed by atoms with Crippen molar-refractivity contribution in [1.82, 2.24) is 10.2 Å². The number of unbranched alkanes of at least 4 members (excludes halogenated alkanes) is 1. The van der Waals surface area contributed by atoms with Crippen molar-refractivity contribution >= 4 is 0 Å². The maximum Gasteiger partial charge on any atom is 0.0589 e. The number of nitrogens with zero attached hydrogens (tertiary/aromatic N) is 1. The van der Waals surface area contributed by atoms with E-state index >= 15 is 0 Å². The van der Waals surface area contributed by atoms with Gasteiger partial charge in [0, 0.05) is 20.2 Å². The molecule has 0 spiro atoms. The van der Waals surface area contributed by atoms with Crippen LogP contribution in [0, 0.1) is 5.92 Å². The van der Waals surface area contributed by atoms with Gasteiger partial charge in [-0.05, 0) is 38.9 Å². The van der Waals surface area contributed by atoms with E-state index in [0.717, 1.165) is 25.6 Å². The largest absolute Gasteiger partial charge is 0.383 e. The quantitative estimate of drug-likeness (QED) is 0.561. The average molecular weight is 216 g/mol. The Kier molecular flexibility index (Phi) is 10.3. The molecule has 0 aliphatic heterocycles. The van der Waals surface area contributed by atoms with Gasteiger partial charge in [-0.1, -0.05) is 13.8 Å². The molecule has 0 unspecified atom stereocenters. The minimum Gasteiger partial charge on any atom is -0.383 e. The molecule has 0 bridgehead atoms. The van der Waals surface area contributed by atoms with E-state index in [9.17, 15) is 0 Å². The molecule has 0 aromatic rings. The molecule has 3 nitrogen and oxygen atoms in total. The second-order valence-electron chi connectivity index (χ2n) is 4.50. The van der Waals surface area contributed by atoms with Crippen molar-refractivity contribution in [2.45, 2.75) is 26.7 Å². The third-order valence-electron chi connectivity index (χ3n) is 2.39. The van der Waals surface area contributed by atoms with E-state index in [1.807, 2.05) is 7.05 Å². The summed E-state index contributed by atoms with van der Waals surface area (Å²) in [4.78, 5) is 2.50. The van der Waals surface area contributed by atoms with Gasteiger partial charge in [-0.3, -0.25) is 0 Å². The molecule has 3 heteroatoms. The fraction of sp³-hybridized carbons (Fsp3) is 1.00. The lowest BCUT2D eigenvalue weighted by molar-refractivity contribution is 0.139. The highest BCUT2D eigenvalue weighted by atomic mass is 16.5. The van der Waals surface area contributed by atoms with Crippen molar-refractivity contribution in [3.8, 4) is 0 Å². The Hall–Kier alpha value is -0.120. The summed E-state index contributed by atoms with van der Waals surface area (Å²) < 4.78 is 5.13. The topological polar surface area (TPSA) is 24.5 Å². The summed E-state index contributed by atoms with van der Waals surface area (Å²) in [5.74, 6) is 0.742. The first-order valence-corrected chi connectivity index (χ1v) is 6.06. The molecule has 0 radical (unpaired) electrons. The lowest BCUT2D eigenvalue weighted by Gasteiger charge is -2.23. The Balaban J connectivity index is 3.59. The zero-order valence-corrected chi connectivity index (χ0v) is 10.9. The van der Waals surface area contributed by atoms with Crippen molar-refractivity contribution in [3.63, 3.8) is 0 Å². The Bertz CT molecular complexity index is 129. The van der Waals surface area contributed by atoms with E-state index < -0.39 is 0 Å². The molecule has 0 saturated carbocycles. The second kappa shape index (κ2) is 10.4. The minimum atomic E-state index is 0.742. The Morgan fingerprint density at radius 3 is 2.47 bits per heavy atom. The lowest BCUT2D eigenvalue weighted by atomic mass is 10.2. The van der Waals surface area contributed by atoms with Crippen LogP contribution in [0.25, 0.3) is 0 Å². The molecule has 0 amide bonds. The van der Waals surface area contributed by atoms with Gasteiger partial charge in [-0.15, -0.1) is 0 Å². The van der Waals surface area contributed by atoms with E-state index in [1.165, 1.54) is 25.9 Å². The number of nitrogens with one attached hydrogen (secondary N) is 1. The summed E-state index contributed by atoms with van der Waals surface area (Å²) in [7, 11) is 3.78. The van der Waals surface area contributed by atoms with Crippen LogP contribution in [0.1, 0.15) is 26.7 Å². The zero-order valence-electron chi connectivity index (χ0n) is 10.9. The standard InChI is InChI=1S/C12H28N2O/c1-12(2)11-14(9-10-15-4)8-6-5-7-13-3/h12-13H,5-11H2,1-4H3. The molecule has 0 atom stereocenters. The van der Waals surface area contributed by atoms with Gasteiger partial charge in [-0.25, -0.2) is 0 Å². The Labute approximate surface area is 95.2 Å². The number of ether oxygens (including phenoxy) is 1. The maximum atomic E-state index is 5.13. The number of hydrogen-bond acceptors (Lipinski definition) is 3. The van der Waals surface area contributed by atoms with E-state index in [1.54, 1.807) is 7.11 Å². The molecular formula is C12H28N2O. The number of methoxy groups -OCH3 is 1. The van der Waals surface area contributed by atoms with E-state index in [4.69, 9.17) is 4.74 Å². The summed E-state index contributed by atoms with van der Waals surface area (Å²) in [6.45, 7) is 9.96. The van der Waals surface area contributed by atoms with Crippen LogP contribution in [-0.2, 0) is 4.74 Å². The van der Waals surface area contributed by atoms with Crippen LogP contribution < -0.4 is 5.32 Å². The molecule has 0 fully saturated rings. The molecule has 0 heterocycles. The van der Waals surface area contributed by atoms with Crippen LogP contribution in [0.3, 0.4) is 0 Å². The van der Waals surface area contributed by atoms with Crippen molar-refractivity contribution in [3.05, 3.63) is 0 Å². The molecule has 0 aromatic carbocycles. The first kappa shape index (κ1) is 14.9. The SMILES string of the molecule is CNCCCCN(CCOC)CC(C)C. The summed E-state index contributed by atoms with van der Waals surface area (Å²) >= 11 is 0. The molecule has 1 N–H and O–H groups in total. The molecule has 15 heavy (non-hydrogen) atoms. The fourth-order valence-electron chi connectivity index (χ4n) is 1.67. The number of hydrogen-bond donors (Lipinski definition) is 1. The van der Waals surface area contributed by atoms with Gasteiger partial charge >= 0.3 is 0 Å². The van der Waals surface area contributed by atoms with E-state index in [-0.39, 0.29) is 0 Å². The van der Waals surface area contributed by atoms with Gasteiger partial charge < -0.3 is 15.0 Å². The summed E-state index contributed by atoms with van der Waals surface area (Å²) in [6, 6.07) is 0. The summed E-state index contributed by atoms with van der Waals surface area (Å²) in [6.07, 6.45) is 2.54. The van der Waals surface area contributed by atoms with Gasteiger partial charge in [-0.2, -0.15) is 0 Å². The van der Waals surface area contributed by atoms with Gasteiger partial charge in [0.1, 0.15) is 0 Å². The molecular weight excluding hydrogens is 188 g/mol. The van der Waals surface area contributed by atoms with Crippen molar-refractivity contribution < 1.29 is 4.74 Å². The first-order chi connectivity index (χ1) is 7.20. The van der Waals surface area contributed by atoms with Crippen molar-refractivity contribution in [2.24, 2.45) is 5.92 Å². The van der Waals surface area contributed by atoms with Crippen molar-refractivity contribution in [1.29, 1.82) is 0 Å². The predicted octanol–water partition coefficient (Wildman–Crippen LogP) is 1.59. The van der Waals surface area contributed by atoms with Crippen LogP contribution in [0.5, 0.6) is 0 Å². The number of rotatable bonds is 10. The van der Waals surface area contributed by atoms with Crippen molar-refractivity contribution in [2.75, 3.05) is 46.9 Å². The Morgan fingerprint density at radius 1 is 1.20 bits per heavy atom. The van der Waals surface area contributed by atoms with Gasteiger partial charge in [0.15, 0.2) is 0 Å². The zero-order chi connectivity index (χ0) is 11.5. The van der Waals surface area contributed by atoms with Crippen LogP contribution >= 0.6 is 0 Å². The lowest BCUT2D eigenvalue weighted by Crippen LogP contribution is -2.32. The highest BCUT2D eigenvalue weighted by Gasteiger charge is 2.06. The Morgan fingerprint density at radius 2 is 1.93 bits per heavy atom. The predicted molar refractivity (Wildman–Crippen MR) is 66.3 cm³/mol. The van der Waals surface area contributed by atoms with Crippen LogP contribution in [-0.4, -0.2) is 51.8 Å². The maximum absolute atomic E-state index is 5.13. The first-order valence-electron chi connectivity index (χ1n) is 6.06. The third kappa shape index (κ3) is 10.2. The molecule has 0 rings (SSSR count). The van der Waals surface area contributed by atoms with Gasteiger partial charge in [0.25, 0.3) is 0 Å². The molecule has 92 valence electrons. The molecule has 0 aromatic heterocycles. The fourth-order valence-corrected chi connectivity index (χ4v) is 1.67. The second-order valence-corrected chi connectivity index (χ2v) is 4.50. The molecule has 0 aliphatic rings. The monoisotopic (exact) mass is 216 g/mol. The highest BCUT2D eigenvalue weighted by Crippen LogP contribution is 2.01. The normalized spacial score (nSPS) is 11.6. The molecule has 0 aliphatic carbocycles. The smallest absolute Gasteiger partial charge is 0.0589 e. The van der Waals surface area contributed by atoms with Crippen LogP contribution in [0.2, 0.25) is 0 Å². The van der Waals surface area contributed by atoms with Gasteiger partial charge in [0.05, 0.1) is 6.61 Å². The van der Waals surface area contributed by atoms with E-state index in [0.29, 0.717) is 0 Å². The molecule has 0 saturated heterocycles. The third-order valence-corrected chi connectivity index (χ3v) is 2.39. The minimum absolute atomic E-state index is 0.742.